The van der Waals surface area contributed by atoms with Gasteiger partial charge in [0.25, 0.3) is 5.92 Å². The van der Waals surface area contributed by atoms with Crippen molar-refractivity contribution in [1.29, 1.82) is 0 Å². The number of amides is 1. The molecule has 0 saturated carbocycles. The lowest BCUT2D eigenvalue weighted by molar-refractivity contribution is -0.127. The van der Waals surface area contributed by atoms with Gasteiger partial charge < -0.3 is 10.2 Å². The van der Waals surface area contributed by atoms with Crippen LogP contribution >= 0.6 is 0 Å². The number of benzene rings is 1. The van der Waals surface area contributed by atoms with Crippen LogP contribution in [0.4, 0.5) is 8.78 Å². The van der Waals surface area contributed by atoms with Gasteiger partial charge in [-0.2, -0.15) is 8.78 Å². The summed E-state index contributed by atoms with van der Waals surface area (Å²) in [5, 5.41) is 2.36. The zero-order chi connectivity index (χ0) is 14.6. The zero-order valence-corrected chi connectivity index (χ0v) is 11.6. The van der Waals surface area contributed by atoms with Crippen LogP contribution in [0.5, 0.6) is 0 Å². The highest BCUT2D eigenvalue weighted by Gasteiger charge is 2.32. The highest BCUT2D eigenvalue weighted by atomic mass is 19.3. The molecule has 1 amide bonds. The summed E-state index contributed by atoms with van der Waals surface area (Å²) >= 11 is 0. The molecule has 1 atom stereocenters. The highest BCUT2D eigenvalue weighted by Crippen LogP contribution is 2.26. The van der Waals surface area contributed by atoms with Crippen LogP contribution in [0, 0.1) is 5.92 Å². The average Bonchev–Trinajstić information content (AvgIpc) is 2.41. The van der Waals surface area contributed by atoms with E-state index in [4.69, 9.17) is 0 Å². The van der Waals surface area contributed by atoms with Crippen LogP contribution in [0.1, 0.15) is 18.9 Å². The number of carbonyl (C=O) groups is 1. The number of nitrogens with zero attached hydrogens (tertiary/aromatic N) is 1. The number of likely N-dealkylation sites (tertiary alicyclic amines) is 1. The van der Waals surface area contributed by atoms with Gasteiger partial charge in [0, 0.05) is 18.0 Å². The molecule has 110 valence electrons. The monoisotopic (exact) mass is 282 g/mol. The molecule has 0 aromatic heterocycles. The molecule has 0 spiro atoms. The fourth-order valence-corrected chi connectivity index (χ4v) is 2.19. The molecule has 1 aliphatic heterocycles. The molecule has 1 aliphatic rings. The van der Waals surface area contributed by atoms with Crippen LogP contribution in [0.2, 0.25) is 0 Å². The number of hydrogen-bond acceptors (Lipinski definition) is 2. The minimum atomic E-state index is -3.03. The Labute approximate surface area is 118 Å². The van der Waals surface area contributed by atoms with Crippen molar-refractivity contribution in [2.45, 2.75) is 19.3 Å². The number of hydrogen-bond donors (Lipinski definition) is 1. The maximum Gasteiger partial charge on any atom is 0.290 e. The first-order valence-corrected chi connectivity index (χ1v) is 6.92. The normalized spacial score (nSPS) is 17.4. The van der Waals surface area contributed by atoms with E-state index < -0.39 is 12.5 Å². The molecule has 5 heteroatoms. The summed E-state index contributed by atoms with van der Waals surface area (Å²) in [4.78, 5) is 14.0. The molecule has 0 unspecified atom stereocenters. The van der Waals surface area contributed by atoms with Gasteiger partial charge in [0.05, 0.1) is 6.54 Å². The summed E-state index contributed by atoms with van der Waals surface area (Å²) in [6, 6.07) is 7.56. The first-order valence-electron chi connectivity index (χ1n) is 6.92. The summed E-state index contributed by atoms with van der Waals surface area (Å²) < 4.78 is 27.8. The standard InChI is InChI=1S/C15H20F2N2O/c1-12(10-19-8-5-9-19)14(20)18-11-15(16,17)13-6-3-2-4-7-13/h2-4,6-7,12H,5,8-11H2,1H3,(H,18,20)/t12-/m1/s1. The molecule has 2 rings (SSSR count). The van der Waals surface area contributed by atoms with E-state index in [0.29, 0.717) is 6.54 Å². The lowest BCUT2D eigenvalue weighted by Gasteiger charge is -2.32. The van der Waals surface area contributed by atoms with Crippen molar-refractivity contribution < 1.29 is 13.6 Å². The molecule has 1 heterocycles. The van der Waals surface area contributed by atoms with Crippen LogP contribution in [-0.4, -0.2) is 37.0 Å². The molecule has 1 aromatic rings. The SMILES string of the molecule is C[C@H](CN1CCC1)C(=O)NCC(F)(F)c1ccccc1. The van der Waals surface area contributed by atoms with Crippen molar-refractivity contribution in [3.05, 3.63) is 35.9 Å². The number of rotatable bonds is 6. The summed E-state index contributed by atoms with van der Waals surface area (Å²) in [6.07, 6.45) is 1.15. The Morgan fingerprint density at radius 2 is 2.00 bits per heavy atom. The molecule has 1 N–H and O–H groups in total. The predicted molar refractivity (Wildman–Crippen MR) is 73.6 cm³/mol. The van der Waals surface area contributed by atoms with E-state index in [-0.39, 0.29) is 17.4 Å². The van der Waals surface area contributed by atoms with E-state index in [9.17, 15) is 13.6 Å². The Hall–Kier alpha value is -1.49. The molecule has 1 aromatic carbocycles. The number of alkyl halides is 2. The van der Waals surface area contributed by atoms with Gasteiger partial charge in [-0.25, -0.2) is 0 Å². The Balaban J connectivity index is 1.82. The van der Waals surface area contributed by atoms with Gasteiger partial charge in [-0.05, 0) is 19.5 Å². The molecule has 0 aliphatic carbocycles. The van der Waals surface area contributed by atoms with Gasteiger partial charge in [0.1, 0.15) is 0 Å². The van der Waals surface area contributed by atoms with Gasteiger partial charge in [-0.15, -0.1) is 0 Å². The van der Waals surface area contributed by atoms with Crippen molar-refractivity contribution in [2.75, 3.05) is 26.2 Å². The smallest absolute Gasteiger partial charge is 0.290 e. The third kappa shape index (κ3) is 3.76. The van der Waals surface area contributed by atoms with Crippen LogP contribution in [0.15, 0.2) is 30.3 Å². The van der Waals surface area contributed by atoms with Gasteiger partial charge in [-0.1, -0.05) is 37.3 Å². The molecule has 0 bridgehead atoms. The van der Waals surface area contributed by atoms with Crippen LogP contribution in [-0.2, 0) is 10.7 Å². The zero-order valence-electron chi connectivity index (χ0n) is 11.6. The summed E-state index contributed by atoms with van der Waals surface area (Å²) in [6.45, 7) is 3.76. The fourth-order valence-electron chi connectivity index (χ4n) is 2.19. The molecule has 0 radical (unpaired) electrons. The fraction of sp³-hybridized carbons (Fsp3) is 0.533. The third-order valence-corrected chi connectivity index (χ3v) is 3.61. The van der Waals surface area contributed by atoms with Crippen LogP contribution < -0.4 is 5.32 Å². The second-order valence-electron chi connectivity index (χ2n) is 5.34. The lowest BCUT2D eigenvalue weighted by atomic mass is 10.1. The third-order valence-electron chi connectivity index (χ3n) is 3.61. The molecular formula is C15H20F2N2O. The minimum Gasteiger partial charge on any atom is -0.349 e. The minimum absolute atomic E-state index is 0.0734. The van der Waals surface area contributed by atoms with Crippen molar-refractivity contribution in [1.82, 2.24) is 10.2 Å². The van der Waals surface area contributed by atoms with E-state index in [1.54, 1.807) is 25.1 Å². The topological polar surface area (TPSA) is 32.3 Å². The van der Waals surface area contributed by atoms with Crippen LogP contribution in [0.25, 0.3) is 0 Å². The molecular weight excluding hydrogens is 262 g/mol. The Morgan fingerprint density at radius 3 is 2.55 bits per heavy atom. The highest BCUT2D eigenvalue weighted by molar-refractivity contribution is 5.78. The van der Waals surface area contributed by atoms with E-state index in [2.05, 4.69) is 10.2 Å². The number of halogens is 2. The maximum atomic E-state index is 13.9. The van der Waals surface area contributed by atoms with Gasteiger partial charge >= 0.3 is 0 Å². The largest absolute Gasteiger partial charge is 0.349 e. The summed E-state index contributed by atoms with van der Waals surface area (Å²) in [5.41, 5.74) is -0.0734. The Morgan fingerprint density at radius 1 is 1.35 bits per heavy atom. The first kappa shape index (κ1) is 14.9. The summed E-state index contributed by atoms with van der Waals surface area (Å²) in [7, 11) is 0. The van der Waals surface area contributed by atoms with Crippen molar-refractivity contribution in [3.8, 4) is 0 Å². The second kappa shape index (κ2) is 6.31. The molecule has 1 saturated heterocycles. The van der Waals surface area contributed by atoms with E-state index in [0.717, 1.165) is 19.5 Å². The summed E-state index contributed by atoms with van der Waals surface area (Å²) in [5.74, 6) is -3.61. The van der Waals surface area contributed by atoms with Gasteiger partial charge in [0.15, 0.2) is 0 Å². The van der Waals surface area contributed by atoms with Crippen molar-refractivity contribution in [3.63, 3.8) is 0 Å². The van der Waals surface area contributed by atoms with Gasteiger partial charge in [-0.3, -0.25) is 4.79 Å². The quantitative estimate of drug-likeness (QED) is 0.868. The Bertz CT molecular complexity index is 446. The van der Waals surface area contributed by atoms with Gasteiger partial charge in [0.2, 0.25) is 5.91 Å². The maximum absolute atomic E-state index is 13.9. The number of nitrogens with one attached hydrogen (secondary N) is 1. The van der Waals surface area contributed by atoms with Crippen molar-refractivity contribution >= 4 is 5.91 Å². The van der Waals surface area contributed by atoms with Crippen LogP contribution in [0.3, 0.4) is 0 Å². The molecule has 1 fully saturated rings. The first-order chi connectivity index (χ1) is 9.49. The Kier molecular flexibility index (Phi) is 4.70. The molecule has 3 nitrogen and oxygen atoms in total. The lowest BCUT2D eigenvalue weighted by Crippen LogP contribution is -2.45. The van der Waals surface area contributed by atoms with E-state index >= 15 is 0 Å². The van der Waals surface area contributed by atoms with E-state index in [1.807, 2.05) is 0 Å². The second-order valence-corrected chi connectivity index (χ2v) is 5.34. The molecule has 20 heavy (non-hydrogen) atoms. The van der Waals surface area contributed by atoms with Crippen molar-refractivity contribution in [2.24, 2.45) is 5.92 Å². The number of carbonyl (C=O) groups excluding carboxylic acids is 1. The van der Waals surface area contributed by atoms with E-state index in [1.165, 1.54) is 12.1 Å². The average molecular weight is 282 g/mol. The predicted octanol–water partition coefficient (Wildman–Crippen LogP) is 2.24.